The molecule has 5 nitrogen and oxygen atoms in total. The molecule has 0 aliphatic heterocycles. The van der Waals surface area contributed by atoms with Gasteiger partial charge in [0.05, 0.1) is 5.39 Å². The summed E-state index contributed by atoms with van der Waals surface area (Å²) in [6.07, 6.45) is 8.24. The zero-order valence-corrected chi connectivity index (χ0v) is 12.9. The number of hydrogen-bond donors (Lipinski definition) is 1. The second-order valence-electron chi connectivity index (χ2n) is 5.30. The smallest absolute Gasteiger partial charge is 0.164 e. The molecular formula is C16H15N5S. The SMILES string of the molecule is C=NNc1nc(-c2cccnc2)nc2sc3c(c12)CCCC3. The topological polar surface area (TPSA) is 63.1 Å². The standard InChI is InChI=1S/C16H15N5S/c1-17-21-15-13-11-6-2-3-7-12(11)22-16(13)20-14(19-15)10-5-4-8-18-9-10/h4-5,8-9H,1-3,6-7H2,(H,19,20,21). The molecule has 0 saturated heterocycles. The van der Waals surface area contributed by atoms with Crippen LogP contribution >= 0.6 is 11.3 Å². The highest BCUT2D eigenvalue weighted by Gasteiger charge is 2.21. The molecule has 6 heteroatoms. The first kappa shape index (κ1) is 13.3. The van der Waals surface area contributed by atoms with E-state index in [9.17, 15) is 0 Å². The Morgan fingerprint density at radius 3 is 2.95 bits per heavy atom. The Morgan fingerprint density at radius 2 is 2.14 bits per heavy atom. The monoisotopic (exact) mass is 309 g/mol. The van der Waals surface area contributed by atoms with Gasteiger partial charge in [-0.1, -0.05) is 0 Å². The highest BCUT2D eigenvalue weighted by Crippen LogP contribution is 2.39. The fourth-order valence-corrected chi connectivity index (χ4v) is 4.20. The maximum atomic E-state index is 4.76. The second kappa shape index (κ2) is 5.46. The van der Waals surface area contributed by atoms with Gasteiger partial charge in [-0.2, -0.15) is 5.10 Å². The van der Waals surface area contributed by atoms with Gasteiger partial charge in [0.25, 0.3) is 0 Å². The van der Waals surface area contributed by atoms with E-state index in [1.165, 1.54) is 23.3 Å². The third-order valence-corrected chi connectivity index (χ3v) is 5.11. The summed E-state index contributed by atoms with van der Waals surface area (Å²) in [5.74, 6) is 1.42. The van der Waals surface area contributed by atoms with Crippen LogP contribution in [0.25, 0.3) is 21.6 Å². The summed E-state index contributed by atoms with van der Waals surface area (Å²) < 4.78 is 0. The third kappa shape index (κ3) is 2.16. The van der Waals surface area contributed by atoms with Crippen molar-refractivity contribution in [3.05, 3.63) is 35.0 Å². The van der Waals surface area contributed by atoms with Crippen molar-refractivity contribution in [2.45, 2.75) is 25.7 Å². The zero-order valence-electron chi connectivity index (χ0n) is 12.0. The lowest BCUT2D eigenvalue weighted by Gasteiger charge is -2.11. The Balaban J connectivity index is 1.96. The first-order valence-corrected chi connectivity index (χ1v) is 8.13. The van der Waals surface area contributed by atoms with Crippen molar-refractivity contribution >= 4 is 34.1 Å². The maximum absolute atomic E-state index is 4.76. The van der Waals surface area contributed by atoms with E-state index in [0.29, 0.717) is 5.82 Å². The van der Waals surface area contributed by atoms with Crippen LogP contribution in [-0.2, 0) is 12.8 Å². The Hall–Kier alpha value is -2.34. The first-order chi connectivity index (χ1) is 10.9. The lowest BCUT2D eigenvalue weighted by molar-refractivity contribution is 0.700. The summed E-state index contributed by atoms with van der Waals surface area (Å²) in [5, 5.41) is 4.93. The minimum Gasteiger partial charge on any atom is -0.264 e. The number of nitrogens with zero attached hydrogens (tertiary/aromatic N) is 4. The molecule has 0 amide bonds. The average molecular weight is 309 g/mol. The molecule has 110 valence electrons. The molecule has 1 aliphatic carbocycles. The van der Waals surface area contributed by atoms with Crippen molar-refractivity contribution in [1.82, 2.24) is 15.0 Å². The molecule has 3 aromatic rings. The van der Waals surface area contributed by atoms with Crippen LogP contribution in [-0.4, -0.2) is 21.7 Å². The molecule has 3 aromatic heterocycles. The Labute approximate surface area is 132 Å². The van der Waals surface area contributed by atoms with Crippen molar-refractivity contribution in [2.24, 2.45) is 5.10 Å². The van der Waals surface area contributed by atoms with E-state index in [-0.39, 0.29) is 0 Å². The molecule has 1 aliphatic rings. The fourth-order valence-electron chi connectivity index (χ4n) is 2.94. The Kier molecular flexibility index (Phi) is 3.31. The van der Waals surface area contributed by atoms with Gasteiger partial charge in [0.1, 0.15) is 4.83 Å². The van der Waals surface area contributed by atoms with Gasteiger partial charge in [-0.05, 0) is 43.4 Å². The number of hydrogen-bond acceptors (Lipinski definition) is 6. The molecule has 0 unspecified atom stereocenters. The lowest BCUT2D eigenvalue weighted by Crippen LogP contribution is -2.01. The van der Waals surface area contributed by atoms with Crippen molar-refractivity contribution in [2.75, 3.05) is 5.43 Å². The van der Waals surface area contributed by atoms with E-state index in [2.05, 4.69) is 27.2 Å². The maximum Gasteiger partial charge on any atom is 0.164 e. The van der Waals surface area contributed by atoms with E-state index in [1.807, 2.05) is 12.1 Å². The number of pyridine rings is 1. The van der Waals surface area contributed by atoms with E-state index >= 15 is 0 Å². The molecule has 3 heterocycles. The van der Waals surface area contributed by atoms with Crippen molar-refractivity contribution < 1.29 is 0 Å². The first-order valence-electron chi connectivity index (χ1n) is 7.31. The van der Waals surface area contributed by atoms with Crippen LogP contribution in [0.2, 0.25) is 0 Å². The number of hydrazone groups is 1. The third-order valence-electron chi connectivity index (χ3n) is 3.92. The number of nitrogens with one attached hydrogen (secondary N) is 1. The van der Waals surface area contributed by atoms with E-state index in [1.54, 1.807) is 23.7 Å². The summed E-state index contributed by atoms with van der Waals surface area (Å²) in [7, 11) is 0. The van der Waals surface area contributed by atoms with Crippen LogP contribution in [0.3, 0.4) is 0 Å². The van der Waals surface area contributed by atoms with Gasteiger partial charge in [-0.3, -0.25) is 10.4 Å². The summed E-state index contributed by atoms with van der Waals surface area (Å²) in [5.41, 5.74) is 5.24. The van der Waals surface area contributed by atoms with Crippen LogP contribution in [0.1, 0.15) is 23.3 Å². The number of thiophene rings is 1. The molecule has 1 N–H and O–H groups in total. The molecule has 0 radical (unpaired) electrons. The van der Waals surface area contributed by atoms with Crippen LogP contribution in [0, 0.1) is 0 Å². The molecule has 0 aromatic carbocycles. The van der Waals surface area contributed by atoms with Crippen molar-refractivity contribution in [3.63, 3.8) is 0 Å². The zero-order chi connectivity index (χ0) is 14.9. The number of rotatable bonds is 3. The quantitative estimate of drug-likeness (QED) is 0.592. The molecular weight excluding hydrogens is 294 g/mol. The van der Waals surface area contributed by atoms with Crippen LogP contribution in [0.15, 0.2) is 29.6 Å². The molecule has 4 rings (SSSR count). The predicted octanol–water partition coefficient (Wildman–Crippen LogP) is 3.66. The Bertz CT molecular complexity index is 841. The molecule has 0 spiro atoms. The normalized spacial score (nSPS) is 13.8. The Morgan fingerprint density at radius 1 is 1.23 bits per heavy atom. The number of anilines is 1. The molecule has 0 bridgehead atoms. The molecule has 0 atom stereocenters. The number of fused-ring (bicyclic) bond motifs is 3. The number of aromatic nitrogens is 3. The highest BCUT2D eigenvalue weighted by molar-refractivity contribution is 7.19. The van der Waals surface area contributed by atoms with Gasteiger partial charge in [-0.15, -0.1) is 11.3 Å². The van der Waals surface area contributed by atoms with Crippen LogP contribution in [0.4, 0.5) is 5.82 Å². The van der Waals surface area contributed by atoms with Gasteiger partial charge >= 0.3 is 0 Å². The highest BCUT2D eigenvalue weighted by atomic mass is 32.1. The van der Waals surface area contributed by atoms with Crippen molar-refractivity contribution in [3.8, 4) is 11.4 Å². The van der Waals surface area contributed by atoms with Crippen LogP contribution < -0.4 is 5.43 Å². The van der Waals surface area contributed by atoms with Gasteiger partial charge in [0, 0.05) is 29.6 Å². The lowest BCUT2D eigenvalue weighted by atomic mass is 9.97. The van der Waals surface area contributed by atoms with E-state index in [0.717, 1.165) is 34.4 Å². The summed E-state index contributed by atoms with van der Waals surface area (Å²) in [4.78, 5) is 16.0. The van der Waals surface area contributed by atoms with Crippen molar-refractivity contribution in [1.29, 1.82) is 0 Å². The van der Waals surface area contributed by atoms with Gasteiger partial charge in [0.15, 0.2) is 11.6 Å². The minimum absolute atomic E-state index is 0.672. The predicted molar refractivity (Wildman–Crippen MR) is 90.5 cm³/mol. The van der Waals surface area contributed by atoms with Gasteiger partial charge < -0.3 is 0 Å². The summed E-state index contributed by atoms with van der Waals surface area (Å²) >= 11 is 1.77. The second-order valence-corrected chi connectivity index (χ2v) is 6.38. The van der Waals surface area contributed by atoms with E-state index in [4.69, 9.17) is 4.98 Å². The summed E-state index contributed by atoms with van der Waals surface area (Å²) in [6, 6.07) is 3.86. The van der Waals surface area contributed by atoms with Crippen LogP contribution in [0.5, 0.6) is 0 Å². The largest absolute Gasteiger partial charge is 0.264 e. The minimum atomic E-state index is 0.672. The van der Waals surface area contributed by atoms with Gasteiger partial charge in [-0.25, -0.2) is 9.97 Å². The van der Waals surface area contributed by atoms with Gasteiger partial charge in [0.2, 0.25) is 0 Å². The number of aryl methyl sites for hydroxylation is 2. The average Bonchev–Trinajstić information content (AvgIpc) is 2.94. The van der Waals surface area contributed by atoms with E-state index < -0.39 is 0 Å². The summed E-state index contributed by atoms with van der Waals surface area (Å²) in [6.45, 7) is 3.53. The molecule has 0 saturated carbocycles. The fraction of sp³-hybridized carbons (Fsp3) is 0.250. The molecule has 22 heavy (non-hydrogen) atoms. The molecule has 0 fully saturated rings.